The van der Waals surface area contributed by atoms with Gasteiger partial charge in [0.05, 0.1) is 11.3 Å². The van der Waals surface area contributed by atoms with Crippen LogP contribution in [0.3, 0.4) is 0 Å². The number of aromatic amines is 1. The molecule has 0 saturated heterocycles. The van der Waals surface area contributed by atoms with Crippen molar-refractivity contribution in [1.82, 2.24) is 24.1 Å². The van der Waals surface area contributed by atoms with Crippen molar-refractivity contribution in [2.45, 2.75) is 0 Å². The Morgan fingerprint density at radius 3 is 2.50 bits per heavy atom. The molecule has 1 aromatic carbocycles. The fourth-order valence-electron chi connectivity index (χ4n) is 2.68. The van der Waals surface area contributed by atoms with Crippen LogP contribution in [0.5, 0.6) is 0 Å². The normalized spacial score (nSPS) is 11.2. The number of fused-ring (bicyclic) bond motifs is 1. The molecule has 0 fully saturated rings. The van der Waals surface area contributed by atoms with Gasteiger partial charge in [0.2, 0.25) is 0 Å². The molecule has 3 aromatic heterocycles. The Bertz CT molecular complexity index is 1260. The van der Waals surface area contributed by atoms with E-state index in [2.05, 4.69) is 15.0 Å². The third-order valence-corrected chi connectivity index (χ3v) is 4.55. The number of pyridine rings is 1. The fourth-order valence-corrected chi connectivity index (χ4v) is 3.02. The summed E-state index contributed by atoms with van der Waals surface area (Å²) in [6.45, 7) is 0. The fraction of sp³-hybridized carbons (Fsp3) is 0.0588. The maximum Gasteiger partial charge on any atom is 0.337 e. The van der Waals surface area contributed by atoms with Crippen LogP contribution in [0.4, 0.5) is 0 Å². The monoisotopic (exact) mass is 387 g/mol. The lowest BCUT2D eigenvalue weighted by Gasteiger charge is -2.08. The minimum Gasteiger partial charge on any atom is -0.332 e. The van der Waals surface area contributed by atoms with E-state index in [0.717, 1.165) is 4.57 Å². The Kier molecular flexibility index (Phi) is 3.90. The molecule has 3 heterocycles. The molecule has 0 atom stereocenters. The zero-order valence-corrected chi connectivity index (χ0v) is 14.9. The number of rotatable bonds is 2. The predicted molar refractivity (Wildman–Crippen MR) is 100 cm³/mol. The van der Waals surface area contributed by atoms with Crippen molar-refractivity contribution in [1.29, 1.82) is 0 Å². The summed E-state index contributed by atoms with van der Waals surface area (Å²) < 4.78 is 2.36. The minimum absolute atomic E-state index is 0.192. The number of nitrogens with zero attached hydrogens (tertiary/aromatic N) is 4. The Morgan fingerprint density at radius 1 is 1.08 bits per heavy atom. The Hall–Kier alpha value is -2.90. The zero-order chi connectivity index (χ0) is 18.4. The number of aromatic nitrogens is 5. The Morgan fingerprint density at radius 2 is 1.81 bits per heavy atom. The van der Waals surface area contributed by atoms with Gasteiger partial charge >= 0.3 is 5.69 Å². The summed E-state index contributed by atoms with van der Waals surface area (Å²) in [5, 5.41) is 0.775. The van der Waals surface area contributed by atoms with Crippen LogP contribution in [0, 0.1) is 0 Å². The molecule has 0 aliphatic heterocycles. The number of H-pyrrole nitrogens is 1. The summed E-state index contributed by atoms with van der Waals surface area (Å²) in [6, 6.07) is 10.1. The molecule has 0 bridgehead atoms. The van der Waals surface area contributed by atoms with E-state index in [0.29, 0.717) is 22.1 Å². The molecule has 0 unspecified atom stereocenters. The third kappa shape index (κ3) is 2.53. The summed E-state index contributed by atoms with van der Waals surface area (Å²) in [6.07, 6.45) is 1.55. The van der Waals surface area contributed by atoms with Crippen LogP contribution in [0.1, 0.15) is 0 Å². The van der Waals surface area contributed by atoms with Gasteiger partial charge in [0.15, 0.2) is 11.2 Å². The number of nitrogens with one attached hydrogen (secondary N) is 1. The first-order chi connectivity index (χ1) is 12.5. The number of imidazole rings is 1. The van der Waals surface area contributed by atoms with Gasteiger partial charge in [0.1, 0.15) is 11.0 Å². The summed E-state index contributed by atoms with van der Waals surface area (Å²) in [5.41, 5.74) is 0.472. The van der Waals surface area contributed by atoms with Crippen molar-refractivity contribution in [2.24, 2.45) is 7.05 Å². The smallest absolute Gasteiger partial charge is 0.332 e. The molecule has 0 aliphatic rings. The van der Waals surface area contributed by atoms with E-state index < -0.39 is 11.2 Å². The second-order valence-electron chi connectivity index (χ2n) is 5.58. The van der Waals surface area contributed by atoms with Crippen molar-refractivity contribution in [3.05, 3.63) is 73.6 Å². The van der Waals surface area contributed by atoms with E-state index in [4.69, 9.17) is 23.2 Å². The first kappa shape index (κ1) is 16.6. The minimum atomic E-state index is -0.514. The van der Waals surface area contributed by atoms with Crippen LogP contribution in [-0.4, -0.2) is 24.1 Å². The maximum atomic E-state index is 12.7. The van der Waals surface area contributed by atoms with Gasteiger partial charge in [-0.3, -0.25) is 9.36 Å². The average Bonchev–Trinajstić information content (AvgIpc) is 3.07. The van der Waals surface area contributed by atoms with Gasteiger partial charge in [-0.1, -0.05) is 23.2 Å². The summed E-state index contributed by atoms with van der Waals surface area (Å²) in [7, 11) is 1.41. The highest BCUT2D eigenvalue weighted by Crippen LogP contribution is 2.25. The third-order valence-electron chi connectivity index (χ3n) is 3.99. The van der Waals surface area contributed by atoms with E-state index in [1.54, 1.807) is 42.6 Å². The second-order valence-corrected chi connectivity index (χ2v) is 6.38. The molecule has 0 spiro atoms. The van der Waals surface area contributed by atoms with Crippen molar-refractivity contribution in [3.63, 3.8) is 0 Å². The van der Waals surface area contributed by atoms with E-state index in [1.807, 2.05) is 0 Å². The van der Waals surface area contributed by atoms with Crippen molar-refractivity contribution < 1.29 is 0 Å². The number of halogens is 2. The van der Waals surface area contributed by atoms with Crippen LogP contribution in [0.25, 0.3) is 28.2 Å². The summed E-state index contributed by atoms with van der Waals surface area (Å²) in [5.74, 6) is 0.350. The van der Waals surface area contributed by atoms with Gasteiger partial charge in [-0.15, -0.1) is 0 Å². The molecular weight excluding hydrogens is 377 g/mol. The lowest BCUT2D eigenvalue weighted by molar-refractivity contribution is 0.748. The quantitative estimate of drug-likeness (QED) is 0.535. The van der Waals surface area contributed by atoms with Crippen LogP contribution in [0.15, 0.2) is 52.2 Å². The summed E-state index contributed by atoms with van der Waals surface area (Å²) >= 11 is 12.1. The van der Waals surface area contributed by atoms with E-state index in [-0.39, 0.29) is 16.3 Å². The molecule has 9 heteroatoms. The largest absolute Gasteiger partial charge is 0.337 e. The molecule has 4 rings (SSSR count). The average molecular weight is 388 g/mol. The molecule has 0 saturated carbocycles. The standard InChI is InChI=1S/C17H11Cl2N5O2/c1-23-16(25)12-15(22-14(21-12)11-3-2-8-20-13(11)19)24(17(23)26)10-6-4-9(18)5-7-10/h2-8H,1H3,(H,21,22). The molecular formula is C17H11Cl2N5O2. The lowest BCUT2D eigenvalue weighted by Crippen LogP contribution is -2.37. The lowest BCUT2D eigenvalue weighted by atomic mass is 10.3. The van der Waals surface area contributed by atoms with Gasteiger partial charge in [-0.25, -0.2) is 19.3 Å². The Labute approximate surface area is 156 Å². The summed E-state index contributed by atoms with van der Waals surface area (Å²) in [4.78, 5) is 36.6. The Balaban J connectivity index is 2.09. The van der Waals surface area contributed by atoms with E-state index >= 15 is 0 Å². The van der Waals surface area contributed by atoms with Crippen LogP contribution < -0.4 is 11.2 Å². The van der Waals surface area contributed by atoms with Crippen molar-refractivity contribution in [2.75, 3.05) is 0 Å². The topological polar surface area (TPSA) is 85.6 Å². The first-order valence-corrected chi connectivity index (χ1v) is 8.31. The van der Waals surface area contributed by atoms with Gasteiger partial charge in [-0.05, 0) is 36.4 Å². The molecule has 1 N–H and O–H groups in total. The molecule has 0 radical (unpaired) electrons. The molecule has 0 amide bonds. The van der Waals surface area contributed by atoms with Crippen molar-refractivity contribution >= 4 is 34.4 Å². The van der Waals surface area contributed by atoms with Gasteiger partial charge < -0.3 is 4.98 Å². The molecule has 4 aromatic rings. The highest BCUT2D eigenvalue weighted by Gasteiger charge is 2.18. The van der Waals surface area contributed by atoms with Gasteiger partial charge in [0, 0.05) is 18.3 Å². The second kappa shape index (κ2) is 6.12. The maximum absolute atomic E-state index is 12.7. The highest BCUT2D eigenvalue weighted by molar-refractivity contribution is 6.32. The number of benzene rings is 1. The zero-order valence-electron chi connectivity index (χ0n) is 13.4. The van der Waals surface area contributed by atoms with E-state index in [1.165, 1.54) is 11.6 Å². The number of hydrogen-bond donors (Lipinski definition) is 1. The SMILES string of the molecule is Cn1c(=O)c2[nH]c(-c3cccnc3Cl)nc2n(-c2ccc(Cl)cc2)c1=O. The molecule has 130 valence electrons. The van der Waals surface area contributed by atoms with Gasteiger partial charge in [-0.2, -0.15) is 0 Å². The predicted octanol–water partition coefficient (Wildman–Crippen LogP) is 2.78. The van der Waals surface area contributed by atoms with Gasteiger partial charge in [0.25, 0.3) is 5.56 Å². The first-order valence-electron chi connectivity index (χ1n) is 7.56. The van der Waals surface area contributed by atoms with Crippen LogP contribution in [0.2, 0.25) is 10.2 Å². The van der Waals surface area contributed by atoms with E-state index in [9.17, 15) is 9.59 Å². The molecule has 26 heavy (non-hydrogen) atoms. The van der Waals surface area contributed by atoms with Crippen LogP contribution >= 0.6 is 23.2 Å². The molecule has 7 nitrogen and oxygen atoms in total. The van der Waals surface area contributed by atoms with Crippen LogP contribution in [-0.2, 0) is 7.05 Å². The molecule has 0 aliphatic carbocycles. The highest BCUT2D eigenvalue weighted by atomic mass is 35.5. The number of hydrogen-bond acceptors (Lipinski definition) is 4. The van der Waals surface area contributed by atoms with Crippen molar-refractivity contribution in [3.8, 4) is 17.1 Å².